The van der Waals surface area contributed by atoms with Gasteiger partial charge in [0.05, 0.1) is 29.4 Å². The molecule has 0 spiro atoms. The molecular weight excluding hydrogens is 411 g/mol. The first-order valence-corrected chi connectivity index (χ1v) is 9.96. The summed E-state index contributed by atoms with van der Waals surface area (Å²) in [6.45, 7) is 3.99. The van der Waals surface area contributed by atoms with E-state index in [1.807, 2.05) is 0 Å². The Morgan fingerprint density at radius 1 is 1.12 bits per heavy atom. The van der Waals surface area contributed by atoms with Gasteiger partial charge in [-0.3, -0.25) is 9.48 Å². The largest absolute Gasteiger partial charge is 0.365 e. The van der Waals surface area contributed by atoms with E-state index in [4.69, 9.17) is 11.5 Å². The normalized spacial score (nSPS) is 15.2. The van der Waals surface area contributed by atoms with Crippen LogP contribution in [-0.2, 0) is 6.54 Å². The molecule has 4 rings (SSSR count). The molecule has 8 nitrogen and oxygen atoms in total. The van der Waals surface area contributed by atoms with E-state index in [1.165, 1.54) is 17.0 Å². The molecule has 0 bridgehead atoms. The van der Waals surface area contributed by atoms with Crippen LogP contribution in [0.4, 0.5) is 9.18 Å². The van der Waals surface area contributed by atoms with E-state index >= 15 is 0 Å². The molecule has 0 fully saturated rings. The molecule has 0 aliphatic carbocycles. The SMILES string of the molecule is Cc1cc(-c2nn3c(c2C(N)=O)C(c2ccc(C#N)c(C)c2)N(C(N)=O)CC3)ccc1F. The van der Waals surface area contributed by atoms with Crippen LogP contribution >= 0.6 is 0 Å². The molecule has 0 saturated heterocycles. The van der Waals surface area contributed by atoms with Crippen LogP contribution in [0.2, 0.25) is 0 Å². The minimum Gasteiger partial charge on any atom is -0.365 e. The smallest absolute Gasteiger partial charge is 0.315 e. The van der Waals surface area contributed by atoms with Gasteiger partial charge in [0, 0.05) is 12.1 Å². The summed E-state index contributed by atoms with van der Waals surface area (Å²) >= 11 is 0. The number of amides is 3. The number of rotatable bonds is 3. The van der Waals surface area contributed by atoms with Crippen molar-refractivity contribution in [2.24, 2.45) is 11.5 Å². The molecule has 1 aliphatic rings. The third kappa shape index (κ3) is 3.36. The number of halogens is 1. The molecule has 9 heteroatoms. The zero-order valence-electron chi connectivity index (χ0n) is 17.6. The van der Waals surface area contributed by atoms with Gasteiger partial charge in [-0.05, 0) is 54.8 Å². The second-order valence-electron chi connectivity index (χ2n) is 7.78. The Morgan fingerprint density at radius 2 is 1.88 bits per heavy atom. The third-order valence-corrected chi connectivity index (χ3v) is 5.76. The van der Waals surface area contributed by atoms with Crippen LogP contribution in [0, 0.1) is 31.0 Å². The molecule has 162 valence electrons. The topological polar surface area (TPSA) is 131 Å². The van der Waals surface area contributed by atoms with E-state index in [2.05, 4.69) is 11.2 Å². The number of fused-ring (bicyclic) bond motifs is 1. The van der Waals surface area contributed by atoms with Gasteiger partial charge in [-0.25, -0.2) is 9.18 Å². The van der Waals surface area contributed by atoms with Gasteiger partial charge >= 0.3 is 6.03 Å². The molecule has 2 aromatic carbocycles. The molecule has 1 aromatic heterocycles. The van der Waals surface area contributed by atoms with Crippen LogP contribution in [-0.4, -0.2) is 33.2 Å². The molecule has 0 radical (unpaired) electrons. The summed E-state index contributed by atoms with van der Waals surface area (Å²) in [5.74, 6) is -1.09. The van der Waals surface area contributed by atoms with Crippen molar-refractivity contribution in [2.75, 3.05) is 6.54 Å². The average molecular weight is 432 g/mol. The first-order chi connectivity index (χ1) is 15.2. The lowest BCUT2D eigenvalue weighted by atomic mass is 9.92. The summed E-state index contributed by atoms with van der Waals surface area (Å²) in [4.78, 5) is 26.4. The molecule has 3 aromatic rings. The van der Waals surface area contributed by atoms with Crippen molar-refractivity contribution in [3.63, 3.8) is 0 Å². The van der Waals surface area contributed by atoms with Crippen molar-refractivity contribution in [1.82, 2.24) is 14.7 Å². The van der Waals surface area contributed by atoms with Gasteiger partial charge in [-0.15, -0.1) is 0 Å². The summed E-state index contributed by atoms with van der Waals surface area (Å²) in [7, 11) is 0. The van der Waals surface area contributed by atoms with E-state index < -0.39 is 18.0 Å². The van der Waals surface area contributed by atoms with E-state index in [0.29, 0.717) is 40.2 Å². The maximum Gasteiger partial charge on any atom is 0.315 e. The third-order valence-electron chi connectivity index (χ3n) is 5.76. The Balaban J connectivity index is 1.98. The molecule has 32 heavy (non-hydrogen) atoms. The predicted molar refractivity (Wildman–Crippen MR) is 115 cm³/mol. The molecule has 3 amide bonds. The number of hydrogen-bond donors (Lipinski definition) is 2. The van der Waals surface area contributed by atoms with Crippen LogP contribution in [0.25, 0.3) is 11.3 Å². The van der Waals surface area contributed by atoms with Crippen molar-refractivity contribution in [3.8, 4) is 17.3 Å². The van der Waals surface area contributed by atoms with E-state index in [-0.39, 0.29) is 17.9 Å². The molecule has 4 N–H and O–H groups in total. The van der Waals surface area contributed by atoms with Crippen LogP contribution in [0.15, 0.2) is 36.4 Å². The van der Waals surface area contributed by atoms with E-state index in [1.54, 1.807) is 42.8 Å². The fraction of sp³-hybridized carbons (Fsp3) is 0.217. The Labute approximate surface area is 183 Å². The van der Waals surface area contributed by atoms with Gasteiger partial charge in [0.2, 0.25) is 0 Å². The Morgan fingerprint density at radius 3 is 2.47 bits per heavy atom. The van der Waals surface area contributed by atoms with E-state index in [0.717, 1.165) is 5.56 Å². The summed E-state index contributed by atoms with van der Waals surface area (Å²) < 4.78 is 15.5. The monoisotopic (exact) mass is 432 g/mol. The lowest BCUT2D eigenvalue weighted by molar-refractivity contribution is 0.0995. The molecular formula is C23H21FN6O2. The number of benzene rings is 2. The molecule has 2 heterocycles. The number of nitrogens with zero attached hydrogens (tertiary/aromatic N) is 4. The predicted octanol–water partition coefficient (Wildman–Crippen LogP) is 2.76. The van der Waals surface area contributed by atoms with Gasteiger partial charge in [0.25, 0.3) is 5.91 Å². The number of primary amides is 2. The number of hydrogen-bond acceptors (Lipinski definition) is 4. The van der Waals surface area contributed by atoms with Gasteiger partial charge in [0.15, 0.2) is 0 Å². The Kier molecular flexibility index (Phi) is 5.14. The first kappa shape index (κ1) is 21.1. The highest BCUT2D eigenvalue weighted by Gasteiger charge is 2.38. The Hall–Kier alpha value is -4.19. The molecule has 1 atom stereocenters. The summed E-state index contributed by atoms with van der Waals surface area (Å²) in [5, 5.41) is 13.9. The van der Waals surface area contributed by atoms with Gasteiger partial charge < -0.3 is 16.4 Å². The molecule has 1 aliphatic heterocycles. The quantitative estimate of drug-likeness (QED) is 0.659. The van der Waals surface area contributed by atoms with E-state index in [9.17, 15) is 19.2 Å². The zero-order chi connectivity index (χ0) is 23.2. The van der Waals surface area contributed by atoms with Crippen molar-refractivity contribution in [3.05, 3.63) is 75.7 Å². The highest BCUT2D eigenvalue weighted by atomic mass is 19.1. The molecule has 1 unspecified atom stereocenters. The number of aryl methyl sites for hydroxylation is 2. The van der Waals surface area contributed by atoms with Crippen molar-refractivity contribution in [2.45, 2.75) is 26.4 Å². The minimum absolute atomic E-state index is 0.147. The molecule has 0 saturated carbocycles. The highest BCUT2D eigenvalue weighted by Crippen LogP contribution is 2.38. The minimum atomic E-state index is -0.724. The fourth-order valence-corrected chi connectivity index (χ4v) is 4.20. The van der Waals surface area contributed by atoms with Crippen LogP contribution in [0.3, 0.4) is 0 Å². The van der Waals surface area contributed by atoms with Crippen LogP contribution < -0.4 is 11.5 Å². The number of urea groups is 1. The van der Waals surface area contributed by atoms with Gasteiger partial charge in [-0.1, -0.05) is 12.1 Å². The number of aromatic nitrogens is 2. The second kappa shape index (κ2) is 7.81. The number of carbonyl (C=O) groups excluding carboxylic acids is 2. The summed E-state index contributed by atoms with van der Waals surface area (Å²) in [5.41, 5.74) is 15.2. The number of carbonyl (C=O) groups is 2. The standard InChI is InChI=1S/C23H21FN6O2/c1-12-9-15(3-4-16(12)11-25)20-21-18(22(26)31)19(14-5-6-17(24)13(2)10-14)28-30(21)8-7-29(20)23(27)32/h3-6,9-10,20H,7-8H2,1-2H3,(H2,26,31)(H2,27,32). The maximum absolute atomic E-state index is 13.8. The highest BCUT2D eigenvalue weighted by molar-refractivity contribution is 6.00. The first-order valence-electron chi connectivity index (χ1n) is 9.96. The number of nitriles is 1. The lowest BCUT2D eigenvalue weighted by Gasteiger charge is -2.36. The summed E-state index contributed by atoms with van der Waals surface area (Å²) in [6.07, 6.45) is 0. The van der Waals surface area contributed by atoms with Crippen molar-refractivity contribution >= 4 is 11.9 Å². The van der Waals surface area contributed by atoms with Gasteiger partial charge in [-0.2, -0.15) is 10.4 Å². The van der Waals surface area contributed by atoms with Gasteiger partial charge in [0.1, 0.15) is 17.6 Å². The number of nitrogens with two attached hydrogens (primary N) is 2. The van der Waals surface area contributed by atoms with Crippen molar-refractivity contribution < 1.29 is 14.0 Å². The van der Waals surface area contributed by atoms with Crippen LogP contribution in [0.1, 0.15) is 44.3 Å². The lowest BCUT2D eigenvalue weighted by Crippen LogP contribution is -2.46. The second-order valence-corrected chi connectivity index (χ2v) is 7.78. The zero-order valence-corrected chi connectivity index (χ0v) is 17.6. The Bertz CT molecular complexity index is 1310. The van der Waals surface area contributed by atoms with Crippen LogP contribution in [0.5, 0.6) is 0 Å². The maximum atomic E-state index is 13.8. The summed E-state index contributed by atoms with van der Waals surface area (Å²) in [6, 6.07) is 10.4. The fourth-order valence-electron chi connectivity index (χ4n) is 4.20. The average Bonchev–Trinajstić information content (AvgIpc) is 3.14. The van der Waals surface area contributed by atoms with Crippen molar-refractivity contribution in [1.29, 1.82) is 5.26 Å².